The third kappa shape index (κ3) is 8.35. The zero-order valence-corrected chi connectivity index (χ0v) is 20.0. The Morgan fingerprint density at radius 2 is 1.93 bits per heavy atom. The highest BCUT2D eigenvalue weighted by Gasteiger charge is 2.17. The van der Waals surface area contributed by atoms with Crippen LogP contribution in [0.3, 0.4) is 0 Å². The van der Waals surface area contributed by atoms with Crippen molar-refractivity contribution in [2.24, 2.45) is 18.0 Å². The molecule has 0 saturated heterocycles. The summed E-state index contributed by atoms with van der Waals surface area (Å²) in [6.07, 6.45) is 11.6. The number of rotatable bonds is 10. The number of nitrogens with one attached hydrogen (secondary N) is 2. The lowest BCUT2D eigenvalue weighted by atomic mass is 9.97. The van der Waals surface area contributed by atoms with E-state index in [4.69, 9.17) is 4.99 Å². The fourth-order valence-corrected chi connectivity index (χ4v) is 3.65. The average Bonchev–Trinajstić information content (AvgIpc) is 3.26. The number of guanidine groups is 1. The standard InChI is InChI=1S/C20H38N6.HI/c1-5-7-11-17(10-6-2)14-21-20(23-18-12-8-9-13-18)22-15-19-25-24-16(3)26(19)4;/h17-18H,5-15H2,1-4H3,(H2,21,22,23);1H. The smallest absolute Gasteiger partial charge is 0.191 e. The van der Waals surface area contributed by atoms with Crippen molar-refractivity contribution >= 4 is 29.9 Å². The van der Waals surface area contributed by atoms with E-state index in [1.54, 1.807) is 0 Å². The van der Waals surface area contributed by atoms with Gasteiger partial charge in [0.05, 0.1) is 0 Å². The predicted molar refractivity (Wildman–Crippen MR) is 124 cm³/mol. The molecule has 1 aliphatic rings. The molecular formula is C20H39IN6. The SMILES string of the molecule is CCCCC(CCC)CNC(=NCc1nnc(C)n1C)NC1CCCC1.I. The Balaban J connectivity index is 0.00000364. The number of aromatic nitrogens is 3. The molecule has 0 aromatic carbocycles. The third-order valence-electron chi connectivity index (χ3n) is 5.48. The van der Waals surface area contributed by atoms with Crippen molar-refractivity contribution in [2.75, 3.05) is 6.54 Å². The Morgan fingerprint density at radius 1 is 1.19 bits per heavy atom. The van der Waals surface area contributed by atoms with E-state index < -0.39 is 0 Å². The van der Waals surface area contributed by atoms with E-state index in [9.17, 15) is 0 Å². The van der Waals surface area contributed by atoms with Gasteiger partial charge >= 0.3 is 0 Å². The van der Waals surface area contributed by atoms with E-state index in [1.165, 1.54) is 57.8 Å². The molecule has 156 valence electrons. The first-order valence-corrected chi connectivity index (χ1v) is 10.5. The lowest BCUT2D eigenvalue weighted by Gasteiger charge is -2.21. The lowest BCUT2D eigenvalue weighted by molar-refractivity contribution is 0.421. The molecule has 1 saturated carbocycles. The molecule has 1 aromatic heterocycles. The summed E-state index contributed by atoms with van der Waals surface area (Å²) in [7, 11) is 2.00. The number of aryl methyl sites for hydroxylation is 1. The van der Waals surface area contributed by atoms with Crippen LogP contribution in [-0.2, 0) is 13.6 Å². The monoisotopic (exact) mass is 490 g/mol. The number of hydrogen-bond donors (Lipinski definition) is 2. The molecule has 0 aliphatic heterocycles. The van der Waals surface area contributed by atoms with Crippen molar-refractivity contribution in [3.05, 3.63) is 11.6 Å². The molecule has 1 aromatic rings. The number of nitrogens with zero attached hydrogens (tertiary/aromatic N) is 4. The van der Waals surface area contributed by atoms with Gasteiger partial charge in [-0.1, -0.05) is 46.0 Å². The van der Waals surface area contributed by atoms with Gasteiger partial charge in [0, 0.05) is 19.6 Å². The molecule has 0 bridgehead atoms. The molecule has 7 heteroatoms. The molecule has 1 unspecified atom stereocenters. The van der Waals surface area contributed by atoms with Crippen LogP contribution in [0.2, 0.25) is 0 Å². The summed E-state index contributed by atoms with van der Waals surface area (Å²) in [5.74, 6) is 3.50. The maximum atomic E-state index is 4.82. The van der Waals surface area contributed by atoms with E-state index in [0.717, 1.165) is 30.1 Å². The quantitative estimate of drug-likeness (QED) is 0.291. The van der Waals surface area contributed by atoms with Crippen LogP contribution in [-0.4, -0.2) is 33.3 Å². The van der Waals surface area contributed by atoms with Gasteiger partial charge in [0.15, 0.2) is 11.8 Å². The number of aliphatic imine (C=N–C) groups is 1. The molecule has 0 radical (unpaired) electrons. The highest BCUT2D eigenvalue weighted by molar-refractivity contribution is 14.0. The van der Waals surface area contributed by atoms with Gasteiger partial charge in [-0.05, 0) is 38.5 Å². The Hall–Kier alpha value is -0.860. The molecule has 1 fully saturated rings. The largest absolute Gasteiger partial charge is 0.356 e. The van der Waals surface area contributed by atoms with Crippen molar-refractivity contribution in [3.63, 3.8) is 0 Å². The van der Waals surface area contributed by atoms with Gasteiger partial charge < -0.3 is 15.2 Å². The molecule has 1 atom stereocenters. The van der Waals surface area contributed by atoms with E-state index in [2.05, 4.69) is 34.7 Å². The van der Waals surface area contributed by atoms with E-state index in [0.29, 0.717) is 12.6 Å². The van der Waals surface area contributed by atoms with Gasteiger partial charge in [-0.2, -0.15) is 0 Å². The van der Waals surface area contributed by atoms with Crippen LogP contribution >= 0.6 is 24.0 Å². The highest BCUT2D eigenvalue weighted by Crippen LogP contribution is 2.18. The molecule has 0 spiro atoms. The first-order chi connectivity index (χ1) is 12.6. The second kappa shape index (κ2) is 13.3. The lowest BCUT2D eigenvalue weighted by Crippen LogP contribution is -2.44. The zero-order chi connectivity index (χ0) is 18.8. The normalized spacial score (nSPS) is 16.2. The maximum absolute atomic E-state index is 4.82. The van der Waals surface area contributed by atoms with E-state index in [-0.39, 0.29) is 24.0 Å². The second-order valence-corrected chi connectivity index (χ2v) is 7.69. The number of halogens is 1. The maximum Gasteiger partial charge on any atom is 0.191 e. The molecular weight excluding hydrogens is 451 g/mol. The van der Waals surface area contributed by atoms with Gasteiger partial charge in [-0.25, -0.2) is 4.99 Å². The number of hydrogen-bond acceptors (Lipinski definition) is 3. The first kappa shape index (κ1) is 24.2. The summed E-state index contributed by atoms with van der Waals surface area (Å²) in [5.41, 5.74) is 0. The van der Waals surface area contributed by atoms with Crippen LogP contribution in [0.25, 0.3) is 0 Å². The minimum Gasteiger partial charge on any atom is -0.356 e. The molecule has 6 nitrogen and oxygen atoms in total. The Bertz CT molecular complexity index is 551. The summed E-state index contributed by atoms with van der Waals surface area (Å²) in [6.45, 7) is 8.09. The van der Waals surface area contributed by atoms with Crippen molar-refractivity contribution in [1.82, 2.24) is 25.4 Å². The van der Waals surface area contributed by atoms with Gasteiger partial charge in [0.25, 0.3) is 0 Å². The topological polar surface area (TPSA) is 67.1 Å². The van der Waals surface area contributed by atoms with Crippen LogP contribution in [0, 0.1) is 12.8 Å². The zero-order valence-electron chi connectivity index (χ0n) is 17.6. The van der Waals surface area contributed by atoms with Crippen molar-refractivity contribution in [3.8, 4) is 0 Å². The van der Waals surface area contributed by atoms with Crippen LogP contribution in [0.1, 0.15) is 83.3 Å². The minimum atomic E-state index is 0. The van der Waals surface area contributed by atoms with Crippen molar-refractivity contribution < 1.29 is 0 Å². The summed E-state index contributed by atoms with van der Waals surface area (Å²) >= 11 is 0. The minimum absolute atomic E-state index is 0. The van der Waals surface area contributed by atoms with Gasteiger partial charge in [0.1, 0.15) is 12.4 Å². The Kier molecular flexibility index (Phi) is 11.9. The highest BCUT2D eigenvalue weighted by atomic mass is 127. The Morgan fingerprint density at radius 3 is 2.52 bits per heavy atom. The molecule has 0 amide bonds. The molecule has 1 aliphatic carbocycles. The van der Waals surface area contributed by atoms with Crippen molar-refractivity contribution in [1.29, 1.82) is 0 Å². The average molecular weight is 490 g/mol. The van der Waals surface area contributed by atoms with Gasteiger partial charge in [-0.15, -0.1) is 34.2 Å². The fourth-order valence-electron chi connectivity index (χ4n) is 3.65. The molecule has 2 N–H and O–H groups in total. The first-order valence-electron chi connectivity index (χ1n) is 10.5. The van der Waals surface area contributed by atoms with Crippen LogP contribution in [0.5, 0.6) is 0 Å². The summed E-state index contributed by atoms with van der Waals surface area (Å²) in [6, 6.07) is 0.558. The Labute approximate surface area is 182 Å². The van der Waals surface area contributed by atoms with E-state index >= 15 is 0 Å². The summed E-state index contributed by atoms with van der Waals surface area (Å²) in [5, 5.41) is 15.6. The fraction of sp³-hybridized carbons (Fsp3) is 0.850. The van der Waals surface area contributed by atoms with Gasteiger partial charge in [0.2, 0.25) is 0 Å². The second-order valence-electron chi connectivity index (χ2n) is 7.69. The molecule has 1 heterocycles. The van der Waals surface area contributed by atoms with Crippen LogP contribution < -0.4 is 10.6 Å². The van der Waals surface area contributed by atoms with Crippen molar-refractivity contribution in [2.45, 2.75) is 91.1 Å². The number of unbranched alkanes of at least 4 members (excludes halogenated alkanes) is 1. The van der Waals surface area contributed by atoms with Crippen LogP contribution in [0.15, 0.2) is 4.99 Å². The molecule has 27 heavy (non-hydrogen) atoms. The summed E-state index contributed by atoms with van der Waals surface area (Å²) < 4.78 is 2.01. The summed E-state index contributed by atoms with van der Waals surface area (Å²) in [4.78, 5) is 4.82. The van der Waals surface area contributed by atoms with E-state index in [1.807, 2.05) is 18.5 Å². The van der Waals surface area contributed by atoms with Gasteiger partial charge in [-0.3, -0.25) is 0 Å². The predicted octanol–water partition coefficient (Wildman–Crippen LogP) is 4.33. The third-order valence-corrected chi connectivity index (χ3v) is 5.48. The van der Waals surface area contributed by atoms with Crippen LogP contribution in [0.4, 0.5) is 0 Å². The molecule has 2 rings (SSSR count).